The maximum Gasteiger partial charge on any atom is 0.157 e. The zero-order valence-electron chi connectivity index (χ0n) is 11.6. The van der Waals surface area contributed by atoms with Crippen molar-refractivity contribution in [1.29, 1.82) is 0 Å². The first-order chi connectivity index (χ1) is 9.61. The number of pyridine rings is 1. The molecule has 0 amide bonds. The van der Waals surface area contributed by atoms with Gasteiger partial charge in [0, 0.05) is 24.6 Å². The maximum atomic E-state index is 5.71. The van der Waals surface area contributed by atoms with Crippen molar-refractivity contribution in [1.82, 2.24) is 15.0 Å². The Morgan fingerprint density at radius 3 is 2.70 bits per heavy atom. The summed E-state index contributed by atoms with van der Waals surface area (Å²) in [6, 6.07) is 5.96. The highest BCUT2D eigenvalue weighted by Crippen LogP contribution is 2.17. The van der Waals surface area contributed by atoms with Crippen LogP contribution in [0.5, 0.6) is 0 Å². The van der Waals surface area contributed by atoms with Crippen LogP contribution in [0.15, 0.2) is 30.6 Å². The van der Waals surface area contributed by atoms with E-state index in [1.165, 1.54) is 0 Å². The van der Waals surface area contributed by atoms with Crippen molar-refractivity contribution in [2.24, 2.45) is 5.73 Å². The molecular weight excluding hydrogens is 270 g/mol. The van der Waals surface area contributed by atoms with E-state index < -0.39 is 0 Å². The largest absolute Gasteiger partial charge is 0.388 e. The lowest BCUT2D eigenvalue weighted by atomic mass is 10.2. The van der Waals surface area contributed by atoms with Crippen molar-refractivity contribution in [2.45, 2.75) is 20.4 Å². The van der Waals surface area contributed by atoms with Crippen molar-refractivity contribution in [3.63, 3.8) is 0 Å². The van der Waals surface area contributed by atoms with E-state index in [2.05, 4.69) is 19.9 Å². The minimum atomic E-state index is 0.253. The van der Waals surface area contributed by atoms with Gasteiger partial charge in [-0.2, -0.15) is 0 Å². The molecule has 0 radical (unpaired) electrons. The zero-order chi connectivity index (χ0) is 14.5. The van der Waals surface area contributed by atoms with Gasteiger partial charge in [0.1, 0.15) is 10.7 Å². The van der Waals surface area contributed by atoms with Gasteiger partial charge in [-0.1, -0.05) is 18.3 Å². The Labute approximate surface area is 123 Å². The van der Waals surface area contributed by atoms with Crippen LogP contribution in [0.4, 0.5) is 5.82 Å². The molecule has 0 spiro atoms. The number of aryl methyl sites for hydroxylation is 1. The molecule has 0 unspecified atom stereocenters. The highest BCUT2D eigenvalue weighted by Gasteiger charge is 2.15. The normalized spacial score (nSPS) is 10.3. The van der Waals surface area contributed by atoms with Gasteiger partial charge in [0.25, 0.3) is 0 Å². The minimum Gasteiger partial charge on any atom is -0.388 e. The summed E-state index contributed by atoms with van der Waals surface area (Å²) in [5, 5.41) is 0. The molecule has 2 heterocycles. The summed E-state index contributed by atoms with van der Waals surface area (Å²) in [6.07, 6.45) is 3.24. The number of nitrogens with two attached hydrogens (primary N) is 1. The van der Waals surface area contributed by atoms with Crippen LogP contribution in [0.2, 0.25) is 0 Å². The number of aromatic nitrogens is 3. The quantitative estimate of drug-likeness (QED) is 0.846. The Balaban J connectivity index is 2.31. The Hall–Kier alpha value is -2.08. The predicted octanol–water partition coefficient (Wildman–Crippen LogP) is 1.84. The zero-order valence-corrected chi connectivity index (χ0v) is 12.4. The van der Waals surface area contributed by atoms with Crippen LogP contribution < -0.4 is 10.6 Å². The SMILES string of the molecule is CCN(Cc1cccc(C)n1)c1nccnc1C(N)=S. The monoisotopic (exact) mass is 287 g/mol. The fourth-order valence-corrected chi connectivity index (χ4v) is 2.10. The summed E-state index contributed by atoms with van der Waals surface area (Å²) < 4.78 is 0. The summed E-state index contributed by atoms with van der Waals surface area (Å²) in [7, 11) is 0. The molecular formula is C14H17N5S. The highest BCUT2D eigenvalue weighted by molar-refractivity contribution is 7.80. The van der Waals surface area contributed by atoms with Crippen molar-refractivity contribution in [3.8, 4) is 0 Å². The van der Waals surface area contributed by atoms with Crippen LogP contribution in [-0.4, -0.2) is 26.5 Å². The summed E-state index contributed by atoms with van der Waals surface area (Å²) in [6.45, 7) is 5.44. The first-order valence-electron chi connectivity index (χ1n) is 6.40. The Morgan fingerprint density at radius 1 is 1.30 bits per heavy atom. The number of hydrogen-bond donors (Lipinski definition) is 1. The van der Waals surface area contributed by atoms with Gasteiger partial charge in [0.2, 0.25) is 0 Å². The lowest BCUT2D eigenvalue weighted by molar-refractivity contribution is 0.785. The van der Waals surface area contributed by atoms with Crippen LogP contribution in [0, 0.1) is 6.92 Å². The van der Waals surface area contributed by atoms with Crippen LogP contribution in [-0.2, 0) is 6.54 Å². The third-order valence-corrected chi connectivity index (χ3v) is 3.09. The van der Waals surface area contributed by atoms with Gasteiger partial charge >= 0.3 is 0 Å². The topological polar surface area (TPSA) is 67.9 Å². The van der Waals surface area contributed by atoms with Gasteiger partial charge in [0.15, 0.2) is 5.82 Å². The molecule has 20 heavy (non-hydrogen) atoms. The number of nitrogens with zero attached hydrogens (tertiary/aromatic N) is 4. The lowest BCUT2D eigenvalue weighted by Gasteiger charge is -2.23. The molecule has 0 aliphatic carbocycles. The van der Waals surface area contributed by atoms with E-state index in [1.807, 2.05) is 32.0 Å². The molecule has 5 nitrogen and oxygen atoms in total. The van der Waals surface area contributed by atoms with E-state index in [-0.39, 0.29) is 4.99 Å². The summed E-state index contributed by atoms with van der Waals surface area (Å²) in [5.74, 6) is 0.700. The van der Waals surface area contributed by atoms with Gasteiger partial charge in [-0.05, 0) is 26.0 Å². The van der Waals surface area contributed by atoms with E-state index in [9.17, 15) is 0 Å². The smallest absolute Gasteiger partial charge is 0.157 e. The second-order valence-electron chi connectivity index (χ2n) is 4.38. The fraction of sp³-hybridized carbons (Fsp3) is 0.286. The second-order valence-corrected chi connectivity index (χ2v) is 4.82. The van der Waals surface area contributed by atoms with Crippen molar-refractivity contribution in [3.05, 3.63) is 47.7 Å². The molecule has 6 heteroatoms. The van der Waals surface area contributed by atoms with Crippen molar-refractivity contribution >= 4 is 23.0 Å². The van der Waals surface area contributed by atoms with Gasteiger partial charge in [-0.25, -0.2) is 9.97 Å². The molecule has 2 aromatic heterocycles. The Morgan fingerprint density at radius 2 is 2.05 bits per heavy atom. The highest BCUT2D eigenvalue weighted by atomic mass is 32.1. The second kappa shape index (κ2) is 6.38. The number of rotatable bonds is 5. The molecule has 2 rings (SSSR count). The van der Waals surface area contributed by atoms with Gasteiger partial charge < -0.3 is 10.6 Å². The summed E-state index contributed by atoms with van der Waals surface area (Å²) in [4.78, 5) is 15.4. The summed E-state index contributed by atoms with van der Waals surface area (Å²) >= 11 is 5.04. The number of hydrogen-bond acceptors (Lipinski definition) is 5. The standard InChI is InChI=1S/C14H17N5S/c1-3-19(9-11-6-4-5-10(2)18-11)14-12(13(15)20)16-7-8-17-14/h4-8H,3,9H2,1-2H3,(H2,15,20). The lowest BCUT2D eigenvalue weighted by Crippen LogP contribution is -2.27. The van der Waals surface area contributed by atoms with Crippen molar-refractivity contribution in [2.75, 3.05) is 11.4 Å². The third kappa shape index (κ3) is 3.27. The van der Waals surface area contributed by atoms with Gasteiger partial charge in [-0.3, -0.25) is 4.98 Å². The predicted molar refractivity (Wildman–Crippen MR) is 83.6 cm³/mol. The van der Waals surface area contributed by atoms with E-state index in [0.29, 0.717) is 18.1 Å². The molecule has 0 aliphatic rings. The van der Waals surface area contributed by atoms with Gasteiger partial charge in [0.05, 0.1) is 12.2 Å². The third-order valence-electron chi connectivity index (χ3n) is 2.89. The van der Waals surface area contributed by atoms with Crippen LogP contribution in [0.1, 0.15) is 24.0 Å². The fourth-order valence-electron chi connectivity index (χ4n) is 1.96. The van der Waals surface area contributed by atoms with Crippen LogP contribution in [0.3, 0.4) is 0 Å². The van der Waals surface area contributed by atoms with E-state index in [1.54, 1.807) is 12.4 Å². The molecule has 2 N–H and O–H groups in total. The van der Waals surface area contributed by atoms with E-state index in [0.717, 1.165) is 17.9 Å². The van der Waals surface area contributed by atoms with Crippen molar-refractivity contribution < 1.29 is 0 Å². The first kappa shape index (κ1) is 14.3. The molecule has 0 saturated carbocycles. The number of anilines is 1. The molecule has 0 bridgehead atoms. The Bertz CT molecular complexity index is 614. The Kier molecular flexibility index (Phi) is 4.57. The number of thiocarbonyl (C=S) groups is 1. The van der Waals surface area contributed by atoms with Crippen LogP contribution in [0.25, 0.3) is 0 Å². The average molecular weight is 287 g/mol. The molecule has 0 aromatic carbocycles. The minimum absolute atomic E-state index is 0.253. The molecule has 2 aromatic rings. The van der Waals surface area contributed by atoms with E-state index >= 15 is 0 Å². The maximum absolute atomic E-state index is 5.71. The molecule has 0 aliphatic heterocycles. The van der Waals surface area contributed by atoms with Crippen LogP contribution >= 0.6 is 12.2 Å². The molecule has 0 fully saturated rings. The first-order valence-corrected chi connectivity index (χ1v) is 6.81. The van der Waals surface area contributed by atoms with Gasteiger partial charge in [-0.15, -0.1) is 0 Å². The molecule has 0 saturated heterocycles. The molecule has 104 valence electrons. The summed E-state index contributed by atoms with van der Waals surface area (Å²) in [5.41, 5.74) is 8.23. The molecule has 0 atom stereocenters. The van der Waals surface area contributed by atoms with E-state index in [4.69, 9.17) is 18.0 Å². The average Bonchev–Trinajstić information content (AvgIpc) is 2.45.